The molecule has 0 aromatic heterocycles. The second-order valence-corrected chi connectivity index (χ2v) is 4.94. The highest BCUT2D eigenvalue weighted by molar-refractivity contribution is 5.85. The molecule has 2 nitrogen and oxygen atoms in total. The van der Waals surface area contributed by atoms with E-state index in [1.807, 2.05) is 0 Å². The lowest BCUT2D eigenvalue weighted by Gasteiger charge is -2.34. The average molecular weight is 255 g/mol. The quantitative estimate of drug-likeness (QED) is 0.873. The van der Waals surface area contributed by atoms with Gasteiger partial charge in [0.15, 0.2) is 0 Å². The van der Waals surface area contributed by atoms with Crippen molar-refractivity contribution in [1.29, 1.82) is 0 Å². The highest BCUT2D eigenvalue weighted by atomic mass is 35.5. The Labute approximate surface area is 111 Å². The van der Waals surface area contributed by atoms with Crippen molar-refractivity contribution in [2.45, 2.75) is 33.4 Å². The van der Waals surface area contributed by atoms with Gasteiger partial charge in [0.2, 0.25) is 0 Å². The van der Waals surface area contributed by atoms with E-state index in [-0.39, 0.29) is 12.4 Å². The lowest BCUT2D eigenvalue weighted by atomic mass is 10.1. The Bertz CT molecular complexity index is 365. The van der Waals surface area contributed by atoms with E-state index < -0.39 is 0 Å². The molecule has 0 amide bonds. The monoisotopic (exact) mass is 254 g/mol. The molecule has 0 unspecified atom stereocenters. The predicted molar refractivity (Wildman–Crippen MR) is 75.9 cm³/mol. The SMILES string of the molecule is Cc1ccc(CN2CCNC[C@H]2C)cc1C.Cl. The van der Waals surface area contributed by atoms with Crippen LogP contribution in [0.15, 0.2) is 18.2 Å². The second kappa shape index (κ2) is 6.39. The van der Waals surface area contributed by atoms with Crippen molar-refractivity contribution in [2.75, 3.05) is 19.6 Å². The first-order valence-corrected chi connectivity index (χ1v) is 6.17. The summed E-state index contributed by atoms with van der Waals surface area (Å²) in [4.78, 5) is 2.56. The molecule has 2 rings (SSSR count). The molecule has 1 saturated heterocycles. The summed E-state index contributed by atoms with van der Waals surface area (Å²) in [5, 5.41) is 3.43. The Morgan fingerprint density at radius 2 is 2.06 bits per heavy atom. The van der Waals surface area contributed by atoms with E-state index in [4.69, 9.17) is 0 Å². The van der Waals surface area contributed by atoms with Gasteiger partial charge in [-0.1, -0.05) is 18.2 Å². The van der Waals surface area contributed by atoms with Gasteiger partial charge in [0.1, 0.15) is 0 Å². The molecule has 1 fully saturated rings. The zero-order valence-corrected chi connectivity index (χ0v) is 11.8. The third-order valence-electron chi connectivity index (χ3n) is 3.60. The van der Waals surface area contributed by atoms with Crippen LogP contribution >= 0.6 is 12.4 Å². The highest BCUT2D eigenvalue weighted by Crippen LogP contribution is 2.14. The van der Waals surface area contributed by atoms with Crippen molar-refractivity contribution >= 4 is 12.4 Å². The van der Waals surface area contributed by atoms with Crippen LogP contribution in [0.25, 0.3) is 0 Å². The Hall–Kier alpha value is -0.570. The van der Waals surface area contributed by atoms with E-state index in [1.165, 1.54) is 16.7 Å². The van der Waals surface area contributed by atoms with Crippen LogP contribution in [0, 0.1) is 13.8 Å². The van der Waals surface area contributed by atoms with E-state index in [9.17, 15) is 0 Å². The van der Waals surface area contributed by atoms with E-state index in [1.54, 1.807) is 0 Å². The molecule has 0 aliphatic carbocycles. The molecule has 96 valence electrons. The van der Waals surface area contributed by atoms with Crippen molar-refractivity contribution in [1.82, 2.24) is 10.2 Å². The number of rotatable bonds is 2. The summed E-state index contributed by atoms with van der Waals surface area (Å²) >= 11 is 0. The minimum Gasteiger partial charge on any atom is -0.314 e. The molecule has 0 saturated carbocycles. The number of hydrogen-bond acceptors (Lipinski definition) is 2. The van der Waals surface area contributed by atoms with Crippen LogP contribution in [-0.4, -0.2) is 30.6 Å². The van der Waals surface area contributed by atoms with Crippen molar-refractivity contribution in [3.05, 3.63) is 34.9 Å². The molecule has 1 aliphatic rings. The number of nitrogens with one attached hydrogen (secondary N) is 1. The number of hydrogen-bond donors (Lipinski definition) is 1. The Morgan fingerprint density at radius 1 is 1.29 bits per heavy atom. The first-order valence-electron chi connectivity index (χ1n) is 6.17. The first kappa shape index (κ1) is 14.5. The van der Waals surface area contributed by atoms with Gasteiger partial charge in [0.25, 0.3) is 0 Å². The van der Waals surface area contributed by atoms with Crippen LogP contribution in [0.4, 0.5) is 0 Å². The van der Waals surface area contributed by atoms with Crippen LogP contribution in [-0.2, 0) is 6.54 Å². The molecule has 17 heavy (non-hydrogen) atoms. The summed E-state index contributed by atoms with van der Waals surface area (Å²) in [5.74, 6) is 0. The van der Waals surface area contributed by atoms with Gasteiger partial charge in [0.05, 0.1) is 0 Å². The Kier molecular flexibility index (Phi) is 5.44. The average Bonchev–Trinajstić information content (AvgIpc) is 2.27. The zero-order chi connectivity index (χ0) is 11.5. The summed E-state index contributed by atoms with van der Waals surface area (Å²) in [6, 6.07) is 7.47. The van der Waals surface area contributed by atoms with Gasteiger partial charge in [0, 0.05) is 32.2 Å². The molecule has 1 aliphatic heterocycles. The fraction of sp³-hybridized carbons (Fsp3) is 0.571. The molecule has 1 atom stereocenters. The van der Waals surface area contributed by atoms with E-state index in [2.05, 4.69) is 49.2 Å². The topological polar surface area (TPSA) is 15.3 Å². The summed E-state index contributed by atoms with van der Waals surface area (Å²) in [7, 11) is 0. The van der Waals surface area contributed by atoms with E-state index >= 15 is 0 Å². The van der Waals surface area contributed by atoms with Gasteiger partial charge in [-0.3, -0.25) is 4.90 Å². The first-order chi connectivity index (χ1) is 7.66. The highest BCUT2D eigenvalue weighted by Gasteiger charge is 2.17. The van der Waals surface area contributed by atoms with Gasteiger partial charge in [-0.05, 0) is 37.5 Å². The van der Waals surface area contributed by atoms with Gasteiger partial charge >= 0.3 is 0 Å². The smallest absolute Gasteiger partial charge is 0.0237 e. The number of nitrogens with zero attached hydrogens (tertiary/aromatic N) is 1. The summed E-state index contributed by atoms with van der Waals surface area (Å²) in [6.07, 6.45) is 0. The molecule has 1 N–H and O–H groups in total. The number of halogens is 1. The second-order valence-electron chi connectivity index (χ2n) is 4.94. The largest absolute Gasteiger partial charge is 0.314 e. The Balaban J connectivity index is 0.00000144. The maximum Gasteiger partial charge on any atom is 0.0237 e. The van der Waals surface area contributed by atoms with E-state index in [0.717, 1.165) is 26.2 Å². The van der Waals surface area contributed by atoms with Crippen molar-refractivity contribution in [2.24, 2.45) is 0 Å². The molecular weight excluding hydrogens is 232 g/mol. The van der Waals surface area contributed by atoms with Gasteiger partial charge in [-0.25, -0.2) is 0 Å². The van der Waals surface area contributed by atoms with Crippen LogP contribution in [0.3, 0.4) is 0 Å². The number of piperazine rings is 1. The molecule has 0 spiro atoms. The fourth-order valence-electron chi connectivity index (χ4n) is 2.25. The van der Waals surface area contributed by atoms with Crippen LogP contribution in [0.1, 0.15) is 23.6 Å². The molecule has 0 bridgehead atoms. The maximum absolute atomic E-state index is 3.43. The fourth-order valence-corrected chi connectivity index (χ4v) is 2.25. The third kappa shape index (κ3) is 3.70. The molecule has 1 aromatic carbocycles. The van der Waals surface area contributed by atoms with Crippen LogP contribution < -0.4 is 5.32 Å². The summed E-state index contributed by atoms with van der Waals surface area (Å²) < 4.78 is 0. The molecule has 1 heterocycles. The van der Waals surface area contributed by atoms with Gasteiger partial charge in [-0.2, -0.15) is 0 Å². The molecular formula is C14H23ClN2. The maximum atomic E-state index is 3.43. The summed E-state index contributed by atoms with van der Waals surface area (Å²) in [5.41, 5.74) is 4.23. The molecule has 0 radical (unpaired) electrons. The predicted octanol–water partition coefficient (Wildman–Crippen LogP) is 2.52. The lowest BCUT2D eigenvalue weighted by Crippen LogP contribution is -2.49. The molecule has 1 aromatic rings. The number of benzene rings is 1. The van der Waals surface area contributed by atoms with Crippen molar-refractivity contribution in [3.63, 3.8) is 0 Å². The zero-order valence-electron chi connectivity index (χ0n) is 11.0. The summed E-state index contributed by atoms with van der Waals surface area (Å²) in [6.45, 7) is 11.2. The standard InChI is InChI=1S/C14H22N2.ClH/c1-11-4-5-14(8-12(11)2)10-16-7-6-15-9-13(16)3;/h4-5,8,13,15H,6-7,9-10H2,1-3H3;1H/t13-;/m1./s1. The van der Waals surface area contributed by atoms with Gasteiger partial charge < -0.3 is 5.32 Å². The van der Waals surface area contributed by atoms with Gasteiger partial charge in [-0.15, -0.1) is 12.4 Å². The van der Waals surface area contributed by atoms with Crippen LogP contribution in [0.2, 0.25) is 0 Å². The van der Waals surface area contributed by atoms with Crippen molar-refractivity contribution in [3.8, 4) is 0 Å². The lowest BCUT2D eigenvalue weighted by molar-refractivity contribution is 0.165. The minimum absolute atomic E-state index is 0. The number of aryl methyl sites for hydroxylation is 2. The van der Waals surface area contributed by atoms with Crippen molar-refractivity contribution < 1.29 is 0 Å². The Morgan fingerprint density at radius 3 is 2.71 bits per heavy atom. The third-order valence-corrected chi connectivity index (χ3v) is 3.60. The van der Waals surface area contributed by atoms with E-state index in [0.29, 0.717) is 6.04 Å². The van der Waals surface area contributed by atoms with Crippen LogP contribution in [0.5, 0.6) is 0 Å². The minimum atomic E-state index is 0. The molecule has 3 heteroatoms. The normalized spacial score (nSPS) is 21.0.